The topological polar surface area (TPSA) is 136 Å². The number of pyridine rings is 1. The second-order valence-corrected chi connectivity index (χ2v) is 12.8. The van der Waals surface area contributed by atoms with E-state index in [0.29, 0.717) is 48.5 Å². The zero-order chi connectivity index (χ0) is 30.9. The number of benzene rings is 1. The minimum absolute atomic E-state index is 0.0456. The second-order valence-electron chi connectivity index (χ2n) is 12.8. The molecule has 3 aromatic rings. The van der Waals surface area contributed by atoms with Gasteiger partial charge in [0.25, 0.3) is 5.91 Å². The number of nitrogens with zero attached hydrogens (tertiary/aromatic N) is 5. The number of carbonyl (C=O) groups is 2. The van der Waals surface area contributed by atoms with Crippen molar-refractivity contribution in [2.45, 2.75) is 65.4 Å². The van der Waals surface area contributed by atoms with Gasteiger partial charge in [0.05, 0.1) is 17.0 Å². The highest BCUT2D eigenvalue weighted by Gasteiger charge is 2.39. The monoisotopic (exact) mass is 583 g/mol. The van der Waals surface area contributed by atoms with E-state index in [1.807, 2.05) is 45.0 Å². The summed E-state index contributed by atoms with van der Waals surface area (Å²) in [6.45, 7) is 13.8. The molecule has 0 spiro atoms. The van der Waals surface area contributed by atoms with Crippen LogP contribution < -0.4 is 11.1 Å². The van der Waals surface area contributed by atoms with Gasteiger partial charge in [0, 0.05) is 42.9 Å². The van der Waals surface area contributed by atoms with E-state index in [9.17, 15) is 9.59 Å². The van der Waals surface area contributed by atoms with Gasteiger partial charge in [-0.25, -0.2) is 19.7 Å². The van der Waals surface area contributed by atoms with Crippen molar-refractivity contribution in [2.75, 3.05) is 30.7 Å². The molecule has 1 aromatic carbocycles. The molecule has 0 aliphatic carbocycles. The molecule has 1 saturated heterocycles. The van der Waals surface area contributed by atoms with Gasteiger partial charge in [-0.05, 0) is 74.8 Å². The van der Waals surface area contributed by atoms with Crippen molar-refractivity contribution in [2.24, 2.45) is 16.8 Å². The molecule has 43 heavy (non-hydrogen) atoms. The molecule has 5 rings (SSSR count). The van der Waals surface area contributed by atoms with Crippen LogP contribution in [0.25, 0.3) is 0 Å². The van der Waals surface area contributed by atoms with E-state index in [1.165, 1.54) is 6.33 Å². The lowest BCUT2D eigenvalue weighted by Crippen LogP contribution is -2.36. The van der Waals surface area contributed by atoms with E-state index in [2.05, 4.69) is 41.0 Å². The summed E-state index contributed by atoms with van der Waals surface area (Å²) in [6, 6.07) is 11.2. The zero-order valence-corrected chi connectivity index (χ0v) is 25.8. The number of nitrogens with one attached hydrogen (secondary N) is 1. The fourth-order valence-electron chi connectivity index (χ4n) is 5.90. The number of aromatic nitrogens is 3. The van der Waals surface area contributed by atoms with Crippen molar-refractivity contribution >= 4 is 29.3 Å². The number of amides is 2. The van der Waals surface area contributed by atoms with Crippen LogP contribution in [-0.2, 0) is 4.74 Å². The molecular weight excluding hydrogens is 542 g/mol. The van der Waals surface area contributed by atoms with Gasteiger partial charge < -0.3 is 20.7 Å². The minimum Gasteiger partial charge on any atom is -0.444 e. The van der Waals surface area contributed by atoms with Gasteiger partial charge >= 0.3 is 6.09 Å². The first kappa shape index (κ1) is 30.1. The number of hydrogen-bond donors (Lipinski definition) is 2. The van der Waals surface area contributed by atoms with Gasteiger partial charge in [0.15, 0.2) is 0 Å². The Morgan fingerprint density at radius 2 is 1.84 bits per heavy atom. The zero-order valence-electron chi connectivity index (χ0n) is 25.8. The van der Waals surface area contributed by atoms with E-state index in [4.69, 9.17) is 15.5 Å². The average Bonchev–Trinajstić information content (AvgIpc) is 3.39. The largest absolute Gasteiger partial charge is 0.444 e. The number of carbonyl (C=O) groups excluding carboxylic acids is 2. The molecule has 3 N–H and O–H groups in total. The quantitative estimate of drug-likeness (QED) is 0.396. The molecule has 2 aliphatic heterocycles. The fourth-order valence-corrected chi connectivity index (χ4v) is 5.90. The third kappa shape index (κ3) is 6.68. The van der Waals surface area contributed by atoms with Crippen LogP contribution in [0.4, 0.5) is 16.4 Å². The molecule has 2 amide bonds. The second kappa shape index (κ2) is 12.1. The van der Waals surface area contributed by atoms with Crippen LogP contribution in [0.1, 0.15) is 92.5 Å². The maximum absolute atomic E-state index is 13.0. The number of likely N-dealkylation sites (tertiary alicyclic amines) is 1. The van der Waals surface area contributed by atoms with Crippen LogP contribution in [0, 0.1) is 11.8 Å². The molecule has 10 heteroatoms. The van der Waals surface area contributed by atoms with Gasteiger partial charge in [-0.15, -0.1) is 0 Å². The van der Waals surface area contributed by atoms with E-state index < -0.39 is 5.60 Å². The Morgan fingerprint density at radius 1 is 1.09 bits per heavy atom. The predicted molar refractivity (Wildman–Crippen MR) is 167 cm³/mol. The lowest BCUT2D eigenvalue weighted by molar-refractivity contribution is 0.0282. The molecule has 0 radical (unpaired) electrons. The van der Waals surface area contributed by atoms with Gasteiger partial charge in [-0.2, -0.15) is 0 Å². The molecule has 2 aliphatic rings. The number of ether oxygens (including phenoxy) is 1. The Morgan fingerprint density at radius 3 is 2.53 bits per heavy atom. The minimum atomic E-state index is -0.538. The number of anilines is 2. The number of nitrogen functional groups attached to an aromatic ring is 1. The van der Waals surface area contributed by atoms with Crippen molar-refractivity contribution < 1.29 is 14.3 Å². The molecule has 226 valence electrons. The lowest BCUT2D eigenvalue weighted by Gasteiger charge is -2.28. The Bertz CT molecular complexity index is 1530. The average molecular weight is 584 g/mol. The molecule has 4 heterocycles. The predicted octanol–water partition coefficient (Wildman–Crippen LogP) is 5.66. The van der Waals surface area contributed by atoms with Crippen molar-refractivity contribution in [3.63, 3.8) is 0 Å². The Labute approximate surface area is 253 Å². The summed E-state index contributed by atoms with van der Waals surface area (Å²) in [7, 11) is 0. The van der Waals surface area contributed by atoms with Crippen LogP contribution in [0.15, 0.2) is 53.9 Å². The smallest absolute Gasteiger partial charge is 0.410 e. The number of fused-ring (bicyclic) bond motifs is 1. The number of rotatable bonds is 5. The van der Waals surface area contributed by atoms with Crippen LogP contribution >= 0.6 is 0 Å². The first-order valence-corrected chi connectivity index (χ1v) is 14.9. The van der Waals surface area contributed by atoms with Crippen molar-refractivity contribution in [3.8, 4) is 0 Å². The summed E-state index contributed by atoms with van der Waals surface area (Å²) >= 11 is 0. The summed E-state index contributed by atoms with van der Waals surface area (Å²) in [6.07, 6.45) is 3.80. The normalized spacial score (nSPS) is 20.3. The summed E-state index contributed by atoms with van der Waals surface area (Å²) in [5.41, 5.74) is 10.6. The molecular formula is C33H41N7O3. The van der Waals surface area contributed by atoms with Crippen LogP contribution in [0.3, 0.4) is 0 Å². The van der Waals surface area contributed by atoms with Crippen LogP contribution in [0.5, 0.6) is 0 Å². The van der Waals surface area contributed by atoms with Crippen molar-refractivity contribution in [1.82, 2.24) is 19.9 Å². The molecule has 1 fully saturated rings. The Hall–Kier alpha value is -4.34. The molecule has 0 bridgehead atoms. The van der Waals surface area contributed by atoms with Crippen molar-refractivity contribution in [1.29, 1.82) is 0 Å². The van der Waals surface area contributed by atoms with Crippen molar-refractivity contribution in [3.05, 3.63) is 76.9 Å². The lowest BCUT2D eigenvalue weighted by atomic mass is 9.79. The molecule has 3 atom stereocenters. The summed E-state index contributed by atoms with van der Waals surface area (Å²) in [4.78, 5) is 45.9. The maximum atomic E-state index is 13.0. The van der Waals surface area contributed by atoms with Gasteiger partial charge in [0.2, 0.25) is 0 Å². The van der Waals surface area contributed by atoms with Gasteiger partial charge in [-0.3, -0.25) is 9.79 Å². The highest BCUT2D eigenvalue weighted by atomic mass is 16.6. The number of aliphatic imine (C=N–C) groups is 1. The third-order valence-corrected chi connectivity index (χ3v) is 8.27. The first-order valence-electron chi connectivity index (χ1n) is 14.9. The number of hydrogen-bond acceptors (Lipinski definition) is 8. The maximum Gasteiger partial charge on any atom is 0.410 e. The Balaban J connectivity index is 1.38. The summed E-state index contributed by atoms with van der Waals surface area (Å²) in [5.74, 6) is 1.42. The molecule has 0 saturated carbocycles. The highest BCUT2D eigenvalue weighted by Crippen LogP contribution is 2.39. The van der Waals surface area contributed by atoms with E-state index in [0.717, 1.165) is 28.8 Å². The third-order valence-electron chi connectivity index (χ3n) is 8.27. The standard InChI is InChI=1S/C33H41N7O3/c1-19(2)23-11-13-35-26(15-23)39-31(41)22-9-7-21(8-10-22)29-27-28(37-18-38-30(27)34)20(3)25(16-36-29)24-12-14-40(17-24)32(42)43-33(4,5)6/h7-11,13,15,18-20,24-25H,12,14,16-17H2,1-6H3,(H2,34,37,38)(H,35,39,41). The van der Waals surface area contributed by atoms with E-state index in [1.54, 1.807) is 23.2 Å². The fraction of sp³-hybridized carbons (Fsp3) is 0.455. The molecule has 2 aromatic heterocycles. The SMILES string of the molecule is CC(C)c1ccnc(NC(=O)c2ccc(C3=NCC(C4CCN(C(=O)OC(C)(C)C)C4)C(C)c4ncnc(N)c43)cc2)c1. The molecule has 3 unspecified atom stereocenters. The van der Waals surface area contributed by atoms with E-state index >= 15 is 0 Å². The summed E-state index contributed by atoms with van der Waals surface area (Å²) < 4.78 is 5.62. The van der Waals surface area contributed by atoms with Gasteiger partial charge in [-0.1, -0.05) is 32.9 Å². The molecule has 10 nitrogen and oxygen atoms in total. The summed E-state index contributed by atoms with van der Waals surface area (Å²) in [5, 5.41) is 2.90. The number of nitrogens with two attached hydrogens (primary N) is 1. The first-order chi connectivity index (χ1) is 20.4. The Kier molecular flexibility index (Phi) is 8.48. The van der Waals surface area contributed by atoms with Crippen LogP contribution in [0.2, 0.25) is 0 Å². The highest BCUT2D eigenvalue weighted by molar-refractivity contribution is 6.16. The van der Waals surface area contributed by atoms with Crippen LogP contribution in [-0.4, -0.2) is 62.8 Å². The van der Waals surface area contributed by atoms with E-state index in [-0.39, 0.29) is 29.8 Å². The van der Waals surface area contributed by atoms with Gasteiger partial charge in [0.1, 0.15) is 23.6 Å².